The van der Waals surface area contributed by atoms with Crippen molar-refractivity contribution in [1.29, 1.82) is 0 Å². The molecule has 2 aromatic rings. The predicted octanol–water partition coefficient (Wildman–Crippen LogP) is 3.65. The van der Waals surface area contributed by atoms with Gasteiger partial charge in [0, 0.05) is 23.4 Å². The minimum absolute atomic E-state index is 0.0776. The smallest absolute Gasteiger partial charge is 0.255 e. The first kappa shape index (κ1) is 27.0. The van der Waals surface area contributed by atoms with Crippen molar-refractivity contribution < 1.29 is 36.6 Å². The lowest BCUT2D eigenvalue weighted by molar-refractivity contribution is -0.0354. The fourth-order valence-electron chi connectivity index (χ4n) is 4.76. The van der Waals surface area contributed by atoms with Gasteiger partial charge in [-0.05, 0) is 55.7 Å². The molecule has 0 bridgehead atoms. The number of halogens is 3. The van der Waals surface area contributed by atoms with Gasteiger partial charge in [0.2, 0.25) is 0 Å². The maximum absolute atomic E-state index is 13.7. The van der Waals surface area contributed by atoms with Crippen molar-refractivity contribution in [2.24, 2.45) is 11.8 Å². The number of anilines is 2. The molecule has 1 amide bonds. The van der Waals surface area contributed by atoms with Crippen LogP contribution in [0.2, 0.25) is 0 Å². The lowest BCUT2D eigenvalue weighted by atomic mass is 9.87. The van der Waals surface area contributed by atoms with Crippen molar-refractivity contribution in [3.63, 3.8) is 0 Å². The highest BCUT2D eigenvalue weighted by Crippen LogP contribution is 2.44. The van der Waals surface area contributed by atoms with E-state index in [1.54, 1.807) is 13.8 Å². The van der Waals surface area contributed by atoms with Crippen molar-refractivity contribution >= 4 is 27.1 Å². The van der Waals surface area contributed by atoms with Crippen LogP contribution in [0.5, 0.6) is 0 Å². The number of carbonyl (C=O) groups is 1. The topological polar surface area (TPSA) is 130 Å². The number of carbonyl (C=O) groups excluding carboxylic acids is 1. The number of benzene rings is 2. The van der Waals surface area contributed by atoms with Crippen molar-refractivity contribution in [2.45, 2.75) is 55.3 Å². The minimum atomic E-state index is -4.07. The van der Waals surface area contributed by atoms with Crippen molar-refractivity contribution in [1.82, 2.24) is 0 Å². The Kier molecular flexibility index (Phi) is 7.83. The molecule has 0 aliphatic heterocycles. The summed E-state index contributed by atoms with van der Waals surface area (Å²) in [6.45, 7) is 3.00. The van der Waals surface area contributed by atoms with Crippen LogP contribution in [0.3, 0.4) is 0 Å². The fourth-order valence-corrected chi connectivity index (χ4v) is 7.22. The molecule has 0 aromatic heterocycles. The molecule has 2 unspecified atom stereocenters. The van der Waals surface area contributed by atoms with Crippen LogP contribution in [0.4, 0.5) is 24.5 Å². The third kappa shape index (κ3) is 5.46. The summed E-state index contributed by atoms with van der Waals surface area (Å²) in [5.41, 5.74) is 4.02. The number of aliphatic hydroxyl groups excluding tert-OH is 1. The summed E-state index contributed by atoms with van der Waals surface area (Å²) in [6, 6.07) is 4.81. The van der Waals surface area contributed by atoms with Gasteiger partial charge in [-0.25, -0.2) is 21.6 Å². The molecule has 1 saturated carbocycles. The van der Waals surface area contributed by atoms with Gasteiger partial charge in [0.1, 0.15) is 0 Å². The van der Waals surface area contributed by atoms with E-state index in [2.05, 4.69) is 5.32 Å². The van der Waals surface area contributed by atoms with Gasteiger partial charge in [-0.2, -0.15) is 0 Å². The molecule has 192 valence electrons. The van der Waals surface area contributed by atoms with E-state index < -0.39 is 56.6 Å². The van der Waals surface area contributed by atoms with Crippen molar-refractivity contribution in [3.05, 3.63) is 53.3 Å². The zero-order chi connectivity index (χ0) is 26.1. The molecule has 0 radical (unpaired) electrons. The number of nitrogens with two attached hydrogens (primary N) is 1. The van der Waals surface area contributed by atoms with E-state index in [4.69, 9.17) is 5.73 Å². The van der Waals surface area contributed by atoms with Crippen LogP contribution in [-0.4, -0.2) is 42.0 Å². The van der Waals surface area contributed by atoms with Gasteiger partial charge in [-0.1, -0.05) is 13.8 Å². The molecule has 7 nitrogen and oxygen atoms in total. The molecular weight excluding hydrogens is 485 g/mol. The lowest BCUT2D eigenvalue weighted by Crippen LogP contribution is -2.39. The fraction of sp³-hybridized carbons (Fsp3) is 0.458. The second kappa shape index (κ2) is 10.2. The average molecular weight is 515 g/mol. The van der Waals surface area contributed by atoms with E-state index in [0.29, 0.717) is 25.0 Å². The summed E-state index contributed by atoms with van der Waals surface area (Å²) in [6.07, 6.45) is 1.48. The van der Waals surface area contributed by atoms with Crippen LogP contribution < -0.4 is 11.1 Å². The molecule has 1 aliphatic carbocycles. The van der Waals surface area contributed by atoms with Crippen molar-refractivity contribution in [2.75, 3.05) is 17.7 Å². The Morgan fingerprint density at radius 2 is 1.80 bits per heavy atom. The first-order chi connectivity index (χ1) is 16.3. The maximum atomic E-state index is 13.7. The minimum Gasteiger partial charge on any atom is -0.398 e. The summed E-state index contributed by atoms with van der Waals surface area (Å²) < 4.78 is 67.6. The van der Waals surface area contributed by atoms with Gasteiger partial charge in [0.05, 0.1) is 28.0 Å². The van der Waals surface area contributed by atoms with Gasteiger partial charge < -0.3 is 21.3 Å². The molecule has 11 heteroatoms. The second-order valence-electron chi connectivity index (χ2n) is 9.23. The molecule has 1 aliphatic rings. The molecule has 35 heavy (non-hydrogen) atoms. The van der Waals surface area contributed by atoms with Crippen LogP contribution in [0.15, 0.2) is 35.2 Å². The number of sulfone groups is 1. The SMILES string of the molecule is CC[C@@](O)(CO)C[C@@H]1CCC(C)C1S(=O)(=O)c1cc(C(=O)Nc2cc(F)c(F)c(F)c2)ccc1N. The quantitative estimate of drug-likeness (QED) is 0.314. The van der Waals surface area contributed by atoms with E-state index in [-0.39, 0.29) is 40.6 Å². The Morgan fingerprint density at radius 1 is 1.17 bits per heavy atom. The first-order valence-electron chi connectivity index (χ1n) is 11.3. The third-order valence-corrected chi connectivity index (χ3v) is 9.33. The van der Waals surface area contributed by atoms with Gasteiger partial charge in [-0.15, -0.1) is 0 Å². The Morgan fingerprint density at radius 3 is 2.37 bits per heavy atom. The van der Waals surface area contributed by atoms with E-state index in [1.807, 2.05) is 0 Å². The molecule has 5 N–H and O–H groups in total. The number of nitrogens with one attached hydrogen (secondary N) is 1. The molecule has 0 spiro atoms. The normalized spacial score (nSPS) is 22.1. The first-order valence-corrected chi connectivity index (χ1v) is 12.8. The molecule has 4 atom stereocenters. The van der Waals surface area contributed by atoms with Gasteiger partial charge in [0.25, 0.3) is 5.91 Å². The number of rotatable bonds is 8. The molecule has 1 fully saturated rings. The summed E-state index contributed by atoms with van der Waals surface area (Å²) in [5.74, 6) is -6.22. The summed E-state index contributed by atoms with van der Waals surface area (Å²) >= 11 is 0. The highest BCUT2D eigenvalue weighted by molar-refractivity contribution is 7.92. The highest BCUT2D eigenvalue weighted by Gasteiger charge is 2.46. The molecule has 0 saturated heterocycles. The third-order valence-electron chi connectivity index (χ3n) is 6.80. The highest BCUT2D eigenvalue weighted by atomic mass is 32.2. The van der Waals surface area contributed by atoms with Crippen LogP contribution in [-0.2, 0) is 9.84 Å². The molecule has 2 aromatic carbocycles. The zero-order valence-electron chi connectivity index (χ0n) is 19.4. The van der Waals surface area contributed by atoms with E-state index in [0.717, 1.165) is 6.07 Å². The summed E-state index contributed by atoms with van der Waals surface area (Å²) in [7, 11) is -4.07. The summed E-state index contributed by atoms with van der Waals surface area (Å²) in [4.78, 5) is 12.4. The lowest BCUT2D eigenvalue weighted by Gasteiger charge is -2.31. The molecule has 3 rings (SSSR count). The van der Waals surface area contributed by atoms with Crippen LogP contribution in [0, 0.1) is 29.3 Å². The average Bonchev–Trinajstić information content (AvgIpc) is 3.17. The number of amides is 1. The van der Waals surface area contributed by atoms with E-state index in [1.165, 1.54) is 12.1 Å². The van der Waals surface area contributed by atoms with Crippen LogP contribution in [0.1, 0.15) is 49.9 Å². The molecule has 0 heterocycles. The van der Waals surface area contributed by atoms with Crippen LogP contribution >= 0.6 is 0 Å². The van der Waals surface area contributed by atoms with Gasteiger partial charge in [0.15, 0.2) is 27.3 Å². The second-order valence-corrected chi connectivity index (χ2v) is 11.3. The molecular formula is C24H29F3N2O5S. The largest absolute Gasteiger partial charge is 0.398 e. The van der Waals surface area contributed by atoms with Gasteiger partial charge in [-0.3, -0.25) is 4.79 Å². The Labute approximate surface area is 202 Å². The maximum Gasteiger partial charge on any atom is 0.255 e. The predicted molar refractivity (Wildman–Crippen MR) is 125 cm³/mol. The number of hydrogen-bond donors (Lipinski definition) is 4. The van der Waals surface area contributed by atoms with Gasteiger partial charge >= 0.3 is 0 Å². The Balaban J connectivity index is 1.93. The standard InChI is InChI=1S/C24H29F3N2O5S/c1-3-24(32,12-30)11-15-5-4-13(2)22(15)35(33,34)20-8-14(6-7-19(20)28)23(31)29-16-9-17(25)21(27)18(26)10-16/h6-10,13,15,22,30,32H,3-5,11-12,28H2,1-2H3,(H,29,31)/t13?,15-,22?,24-/m0/s1. The zero-order valence-corrected chi connectivity index (χ0v) is 20.2. The van der Waals surface area contributed by atoms with Crippen molar-refractivity contribution in [3.8, 4) is 0 Å². The Hall–Kier alpha value is -2.63. The Bertz CT molecular complexity index is 1190. The summed E-state index contributed by atoms with van der Waals surface area (Å²) in [5, 5.41) is 21.5. The number of hydrogen-bond acceptors (Lipinski definition) is 6. The van der Waals surface area contributed by atoms with Crippen LogP contribution in [0.25, 0.3) is 0 Å². The number of nitrogen functional groups attached to an aromatic ring is 1. The van der Waals surface area contributed by atoms with E-state index >= 15 is 0 Å². The number of aliphatic hydroxyl groups is 2. The van der Waals surface area contributed by atoms with E-state index in [9.17, 15) is 36.6 Å². The monoisotopic (exact) mass is 514 g/mol.